The lowest BCUT2D eigenvalue weighted by Crippen LogP contribution is -1.98. The van der Waals surface area contributed by atoms with Crippen LogP contribution in [-0.2, 0) is 11.0 Å². The molecular weight excluding hydrogens is 323 g/mol. The van der Waals surface area contributed by atoms with Crippen molar-refractivity contribution >= 4 is 7.82 Å². The molecule has 24 heavy (non-hydrogen) atoms. The largest absolute Gasteiger partial charge is 0.524 e. The van der Waals surface area contributed by atoms with Gasteiger partial charge in [0.15, 0.2) is 0 Å². The number of phosphoric ester groups is 1. The van der Waals surface area contributed by atoms with Gasteiger partial charge in [-0.25, -0.2) is 4.57 Å². The van der Waals surface area contributed by atoms with Gasteiger partial charge in [-0.05, 0) is 37.0 Å². The summed E-state index contributed by atoms with van der Waals surface area (Å²) in [5.74, 6) is 0.319. The minimum Gasteiger partial charge on any atom is -0.404 e. The summed E-state index contributed by atoms with van der Waals surface area (Å²) in [4.78, 5) is 18.0. The van der Waals surface area contributed by atoms with Gasteiger partial charge in [0.05, 0.1) is 0 Å². The number of rotatable bonds is 13. The van der Waals surface area contributed by atoms with Gasteiger partial charge >= 0.3 is 7.82 Å². The van der Waals surface area contributed by atoms with Crippen LogP contribution in [0.3, 0.4) is 0 Å². The fourth-order valence-corrected chi connectivity index (χ4v) is 3.43. The van der Waals surface area contributed by atoms with Crippen LogP contribution in [0.2, 0.25) is 0 Å². The highest BCUT2D eigenvalue weighted by atomic mass is 31.2. The zero-order valence-corrected chi connectivity index (χ0v) is 16.1. The lowest BCUT2D eigenvalue weighted by molar-refractivity contribution is 0.282. The van der Waals surface area contributed by atoms with E-state index in [1.54, 1.807) is 12.1 Å². The SMILES string of the molecule is CCCCCCCCCCCCc1c(C)cccc1OP(=O)(O)O. The highest BCUT2D eigenvalue weighted by Crippen LogP contribution is 2.40. The molecule has 0 aliphatic heterocycles. The fourth-order valence-electron chi connectivity index (χ4n) is 3.00. The van der Waals surface area contributed by atoms with Crippen molar-refractivity contribution in [1.29, 1.82) is 0 Å². The molecule has 0 fully saturated rings. The molecular formula is C19H33O4P. The minimum atomic E-state index is -4.50. The standard InChI is InChI=1S/C19H33O4P/c1-3-4-5-6-7-8-9-10-11-12-15-18-17(2)14-13-16-19(18)23-24(20,21)22/h13-14,16H,3-12,15H2,1-2H3,(H2,20,21,22). The third-order valence-corrected chi connectivity index (χ3v) is 4.80. The van der Waals surface area contributed by atoms with Gasteiger partial charge in [0.25, 0.3) is 0 Å². The van der Waals surface area contributed by atoms with Crippen molar-refractivity contribution in [3.05, 3.63) is 29.3 Å². The van der Waals surface area contributed by atoms with Crippen LogP contribution >= 0.6 is 7.82 Å². The van der Waals surface area contributed by atoms with Crippen molar-refractivity contribution in [1.82, 2.24) is 0 Å². The number of aryl methyl sites for hydroxylation is 1. The lowest BCUT2D eigenvalue weighted by atomic mass is 10.00. The van der Waals surface area contributed by atoms with Gasteiger partial charge in [-0.3, -0.25) is 9.79 Å². The van der Waals surface area contributed by atoms with Crippen LogP contribution in [0.25, 0.3) is 0 Å². The molecule has 0 amide bonds. The van der Waals surface area contributed by atoms with E-state index in [0.717, 1.165) is 30.4 Å². The molecule has 0 heterocycles. The topological polar surface area (TPSA) is 66.8 Å². The summed E-state index contributed by atoms with van der Waals surface area (Å²) in [7, 11) is -4.50. The molecule has 0 saturated carbocycles. The van der Waals surface area contributed by atoms with E-state index in [1.165, 1.54) is 51.4 Å². The molecule has 1 aromatic rings. The molecule has 138 valence electrons. The minimum absolute atomic E-state index is 0.319. The summed E-state index contributed by atoms with van der Waals surface area (Å²) < 4.78 is 15.9. The van der Waals surface area contributed by atoms with Gasteiger partial charge in [-0.2, -0.15) is 0 Å². The fraction of sp³-hybridized carbons (Fsp3) is 0.684. The summed E-state index contributed by atoms with van der Waals surface area (Å²) in [6.45, 7) is 4.20. The van der Waals surface area contributed by atoms with E-state index in [1.807, 2.05) is 13.0 Å². The Hall–Kier alpha value is -0.830. The monoisotopic (exact) mass is 356 g/mol. The molecule has 0 aliphatic carbocycles. The summed E-state index contributed by atoms with van der Waals surface area (Å²) >= 11 is 0. The van der Waals surface area contributed by atoms with Crippen LogP contribution in [0.4, 0.5) is 0 Å². The Balaban J connectivity index is 2.26. The quantitative estimate of drug-likeness (QED) is 0.339. The smallest absolute Gasteiger partial charge is 0.404 e. The molecule has 0 radical (unpaired) electrons. The van der Waals surface area contributed by atoms with E-state index in [-0.39, 0.29) is 0 Å². The average molecular weight is 356 g/mol. The molecule has 2 N–H and O–H groups in total. The van der Waals surface area contributed by atoms with E-state index in [9.17, 15) is 4.57 Å². The van der Waals surface area contributed by atoms with E-state index in [0.29, 0.717) is 5.75 Å². The molecule has 5 heteroatoms. The molecule has 0 aliphatic rings. The van der Waals surface area contributed by atoms with Gasteiger partial charge < -0.3 is 4.52 Å². The van der Waals surface area contributed by atoms with Gasteiger partial charge in [0, 0.05) is 0 Å². The average Bonchev–Trinajstić information content (AvgIpc) is 2.50. The van der Waals surface area contributed by atoms with Crippen molar-refractivity contribution in [3.63, 3.8) is 0 Å². The van der Waals surface area contributed by atoms with E-state index < -0.39 is 7.82 Å². The second kappa shape index (κ2) is 11.7. The van der Waals surface area contributed by atoms with Crippen molar-refractivity contribution in [2.75, 3.05) is 0 Å². The first-order valence-electron chi connectivity index (χ1n) is 9.27. The van der Waals surface area contributed by atoms with Crippen LogP contribution in [0.1, 0.15) is 82.3 Å². The highest BCUT2D eigenvalue weighted by Gasteiger charge is 2.18. The summed E-state index contributed by atoms with van der Waals surface area (Å²) in [5.41, 5.74) is 1.94. The van der Waals surface area contributed by atoms with Crippen LogP contribution in [0, 0.1) is 6.92 Å². The van der Waals surface area contributed by atoms with Gasteiger partial charge in [0.1, 0.15) is 5.75 Å². The van der Waals surface area contributed by atoms with Gasteiger partial charge in [0.2, 0.25) is 0 Å². The Labute approximate surface area is 146 Å². The molecule has 0 unspecified atom stereocenters. The highest BCUT2D eigenvalue weighted by molar-refractivity contribution is 7.46. The molecule has 0 aromatic heterocycles. The molecule has 0 bridgehead atoms. The maximum Gasteiger partial charge on any atom is 0.524 e. The molecule has 1 rings (SSSR count). The Morgan fingerprint density at radius 3 is 2.00 bits per heavy atom. The molecule has 4 nitrogen and oxygen atoms in total. The number of hydrogen-bond donors (Lipinski definition) is 2. The third kappa shape index (κ3) is 9.46. The van der Waals surface area contributed by atoms with Crippen LogP contribution in [0.5, 0.6) is 5.75 Å². The molecule has 0 saturated heterocycles. The maximum atomic E-state index is 11.1. The van der Waals surface area contributed by atoms with Crippen molar-refractivity contribution in [2.45, 2.75) is 84.5 Å². The van der Waals surface area contributed by atoms with Crippen LogP contribution < -0.4 is 4.52 Å². The predicted molar refractivity (Wildman–Crippen MR) is 99.4 cm³/mol. The second-order valence-corrected chi connectivity index (χ2v) is 7.73. The van der Waals surface area contributed by atoms with Gasteiger partial charge in [-0.15, -0.1) is 0 Å². The maximum absolute atomic E-state index is 11.1. The van der Waals surface area contributed by atoms with Crippen molar-refractivity contribution < 1.29 is 18.9 Å². The lowest BCUT2D eigenvalue weighted by Gasteiger charge is -2.14. The number of phosphoric acid groups is 1. The third-order valence-electron chi connectivity index (χ3n) is 4.36. The Morgan fingerprint density at radius 1 is 0.917 bits per heavy atom. The van der Waals surface area contributed by atoms with E-state index in [4.69, 9.17) is 14.3 Å². The first-order chi connectivity index (χ1) is 11.4. The Bertz CT molecular complexity index is 510. The molecule has 1 aromatic carbocycles. The zero-order chi connectivity index (χ0) is 17.8. The van der Waals surface area contributed by atoms with Crippen LogP contribution in [-0.4, -0.2) is 9.79 Å². The Morgan fingerprint density at radius 2 is 1.46 bits per heavy atom. The summed E-state index contributed by atoms with van der Waals surface area (Å²) in [6, 6.07) is 5.36. The van der Waals surface area contributed by atoms with Crippen LogP contribution in [0.15, 0.2) is 18.2 Å². The van der Waals surface area contributed by atoms with Crippen molar-refractivity contribution in [2.24, 2.45) is 0 Å². The number of unbranched alkanes of at least 4 members (excludes halogenated alkanes) is 9. The zero-order valence-electron chi connectivity index (χ0n) is 15.2. The second-order valence-electron chi connectivity index (χ2n) is 6.57. The normalized spacial score (nSPS) is 11.7. The summed E-state index contributed by atoms with van der Waals surface area (Å²) in [6.07, 6.45) is 13.5. The van der Waals surface area contributed by atoms with E-state index in [2.05, 4.69) is 6.92 Å². The molecule has 0 spiro atoms. The summed E-state index contributed by atoms with van der Waals surface area (Å²) in [5, 5.41) is 0. The van der Waals surface area contributed by atoms with Gasteiger partial charge in [-0.1, -0.05) is 76.8 Å². The molecule has 0 atom stereocenters. The van der Waals surface area contributed by atoms with E-state index >= 15 is 0 Å². The Kier molecular flexibility index (Phi) is 10.3. The predicted octanol–water partition coefficient (Wildman–Crippen LogP) is 5.93. The first-order valence-corrected chi connectivity index (χ1v) is 10.8. The number of benzene rings is 1. The first kappa shape index (κ1) is 21.2. The number of hydrogen-bond acceptors (Lipinski definition) is 2. The van der Waals surface area contributed by atoms with Crippen molar-refractivity contribution in [3.8, 4) is 5.75 Å².